The molecule has 9 nitrogen and oxygen atoms in total. The maximum atomic E-state index is 12.3. The molecule has 4 aromatic rings. The van der Waals surface area contributed by atoms with Crippen molar-refractivity contribution in [2.75, 3.05) is 6.61 Å². The third-order valence-corrected chi connectivity index (χ3v) is 6.02. The van der Waals surface area contributed by atoms with Crippen molar-refractivity contribution >= 4 is 23.4 Å². The van der Waals surface area contributed by atoms with Gasteiger partial charge in [0.25, 0.3) is 5.69 Å². The Hall–Kier alpha value is -4.02. The Morgan fingerprint density at radius 3 is 2.26 bits per heavy atom. The molecular weight excluding hydrogens is 466 g/mol. The molecule has 0 saturated heterocycles. The van der Waals surface area contributed by atoms with E-state index in [1.54, 1.807) is 16.7 Å². The Morgan fingerprint density at radius 2 is 1.60 bits per heavy atom. The number of nitro benzene ring substituents is 1. The number of nitro groups is 1. The minimum Gasteiger partial charge on any atom is -0.367 e. The normalized spacial score (nSPS) is 10.7. The van der Waals surface area contributed by atoms with E-state index in [1.807, 2.05) is 60.7 Å². The van der Waals surface area contributed by atoms with Crippen LogP contribution < -0.4 is 5.32 Å². The highest BCUT2D eigenvalue weighted by Gasteiger charge is 2.17. The van der Waals surface area contributed by atoms with Crippen LogP contribution in [0.5, 0.6) is 0 Å². The molecule has 0 unspecified atom stereocenters. The fraction of sp³-hybridized carbons (Fsp3) is 0.160. The number of thioether (sulfide) groups is 1. The fourth-order valence-electron chi connectivity index (χ4n) is 3.28. The standard InChI is InChI=1S/C25H23N5O4S/c31-24(17-34-16-19-7-3-1-4-8-19)26-15-23-27-28-25(35-18-20-9-5-2-6-10-20)29(23)21-11-13-22(14-12-21)30(32)33/h1-14H,15-18H2,(H,26,31). The summed E-state index contributed by atoms with van der Waals surface area (Å²) >= 11 is 1.49. The van der Waals surface area contributed by atoms with Gasteiger partial charge in [-0.25, -0.2) is 0 Å². The number of nitrogens with zero attached hydrogens (tertiary/aromatic N) is 4. The summed E-state index contributed by atoms with van der Waals surface area (Å²) < 4.78 is 7.28. The average Bonchev–Trinajstić information content (AvgIpc) is 3.30. The molecular formula is C25H23N5O4S. The molecule has 0 bridgehead atoms. The second-order valence-corrected chi connectivity index (χ2v) is 8.48. The van der Waals surface area contributed by atoms with E-state index in [9.17, 15) is 14.9 Å². The number of carbonyl (C=O) groups excluding carboxylic acids is 1. The van der Waals surface area contributed by atoms with E-state index in [1.165, 1.54) is 23.9 Å². The van der Waals surface area contributed by atoms with Gasteiger partial charge in [0.15, 0.2) is 11.0 Å². The molecule has 0 fully saturated rings. The van der Waals surface area contributed by atoms with Gasteiger partial charge < -0.3 is 10.1 Å². The molecule has 0 saturated carbocycles. The highest BCUT2D eigenvalue weighted by Crippen LogP contribution is 2.26. The quantitative estimate of drug-likeness (QED) is 0.190. The van der Waals surface area contributed by atoms with E-state index in [2.05, 4.69) is 15.5 Å². The Balaban J connectivity index is 1.44. The number of aromatic nitrogens is 3. The molecule has 4 rings (SSSR count). The molecule has 0 aliphatic heterocycles. The molecule has 1 aromatic heterocycles. The highest BCUT2D eigenvalue weighted by molar-refractivity contribution is 7.98. The zero-order valence-corrected chi connectivity index (χ0v) is 19.6. The van der Waals surface area contributed by atoms with Crippen LogP contribution in [0.4, 0.5) is 5.69 Å². The maximum Gasteiger partial charge on any atom is 0.269 e. The van der Waals surface area contributed by atoms with E-state index >= 15 is 0 Å². The molecule has 35 heavy (non-hydrogen) atoms. The van der Waals surface area contributed by atoms with Gasteiger partial charge in [-0.15, -0.1) is 10.2 Å². The number of carbonyl (C=O) groups is 1. The SMILES string of the molecule is O=C(COCc1ccccc1)NCc1nnc(SCc2ccccc2)n1-c1ccc([N+](=O)[O-])cc1. The predicted molar refractivity (Wildman–Crippen MR) is 132 cm³/mol. The number of ether oxygens (including phenoxy) is 1. The van der Waals surface area contributed by atoms with Gasteiger partial charge in [0.1, 0.15) is 6.61 Å². The number of benzene rings is 3. The number of rotatable bonds is 11. The molecule has 1 amide bonds. The first kappa shape index (κ1) is 24.1. The van der Waals surface area contributed by atoms with Crippen LogP contribution in [0.2, 0.25) is 0 Å². The van der Waals surface area contributed by atoms with Gasteiger partial charge in [-0.3, -0.25) is 19.5 Å². The Labute approximate surface area is 206 Å². The van der Waals surface area contributed by atoms with Crippen LogP contribution in [-0.4, -0.2) is 32.2 Å². The minimum absolute atomic E-state index is 0.00858. The van der Waals surface area contributed by atoms with Crippen LogP contribution in [0.25, 0.3) is 5.69 Å². The second-order valence-electron chi connectivity index (χ2n) is 7.54. The number of nitrogens with one attached hydrogen (secondary N) is 1. The second kappa shape index (κ2) is 11.9. The van der Waals surface area contributed by atoms with Gasteiger partial charge in [-0.05, 0) is 23.3 Å². The van der Waals surface area contributed by atoms with Gasteiger partial charge in [0, 0.05) is 23.6 Å². The minimum atomic E-state index is -0.447. The summed E-state index contributed by atoms with van der Waals surface area (Å²) in [5.41, 5.74) is 2.77. The number of non-ortho nitro benzene ring substituents is 1. The smallest absolute Gasteiger partial charge is 0.269 e. The molecule has 1 heterocycles. The summed E-state index contributed by atoms with van der Waals surface area (Å²) in [6.07, 6.45) is 0. The van der Waals surface area contributed by atoms with Crippen molar-refractivity contribution in [2.24, 2.45) is 0 Å². The third kappa shape index (κ3) is 6.75. The van der Waals surface area contributed by atoms with Crippen molar-refractivity contribution in [1.29, 1.82) is 0 Å². The largest absolute Gasteiger partial charge is 0.367 e. The van der Waals surface area contributed by atoms with E-state index in [0.717, 1.165) is 11.1 Å². The van der Waals surface area contributed by atoms with Crippen LogP contribution in [0.3, 0.4) is 0 Å². The Bertz CT molecular complexity index is 1260. The first-order valence-corrected chi connectivity index (χ1v) is 11.8. The zero-order chi connectivity index (χ0) is 24.5. The lowest BCUT2D eigenvalue weighted by molar-refractivity contribution is -0.384. The van der Waals surface area contributed by atoms with Crippen molar-refractivity contribution in [2.45, 2.75) is 24.1 Å². The molecule has 3 aromatic carbocycles. The molecule has 0 atom stereocenters. The molecule has 0 spiro atoms. The maximum absolute atomic E-state index is 12.3. The summed E-state index contributed by atoms with van der Waals surface area (Å²) in [5.74, 6) is 0.898. The van der Waals surface area contributed by atoms with Gasteiger partial charge in [-0.1, -0.05) is 72.4 Å². The average molecular weight is 490 g/mol. The van der Waals surface area contributed by atoms with E-state index in [-0.39, 0.29) is 24.7 Å². The molecule has 0 aliphatic rings. The van der Waals surface area contributed by atoms with Crippen molar-refractivity contribution in [3.05, 3.63) is 112 Å². The summed E-state index contributed by atoms with van der Waals surface area (Å²) in [5, 5.41) is 23.1. The van der Waals surface area contributed by atoms with Crippen molar-refractivity contribution in [3.63, 3.8) is 0 Å². The van der Waals surface area contributed by atoms with Crippen molar-refractivity contribution in [1.82, 2.24) is 20.1 Å². The lowest BCUT2D eigenvalue weighted by atomic mass is 10.2. The zero-order valence-electron chi connectivity index (χ0n) is 18.7. The van der Waals surface area contributed by atoms with Crippen LogP contribution in [-0.2, 0) is 28.4 Å². The topological polar surface area (TPSA) is 112 Å². The van der Waals surface area contributed by atoms with E-state index < -0.39 is 4.92 Å². The monoisotopic (exact) mass is 489 g/mol. The third-order valence-electron chi connectivity index (χ3n) is 5.02. The number of amides is 1. The van der Waals surface area contributed by atoms with Crippen LogP contribution >= 0.6 is 11.8 Å². The van der Waals surface area contributed by atoms with Gasteiger partial charge in [0.2, 0.25) is 5.91 Å². The Morgan fingerprint density at radius 1 is 0.943 bits per heavy atom. The van der Waals surface area contributed by atoms with Crippen LogP contribution in [0, 0.1) is 10.1 Å². The summed E-state index contributed by atoms with van der Waals surface area (Å²) in [4.78, 5) is 22.9. The molecule has 1 N–H and O–H groups in total. The van der Waals surface area contributed by atoms with E-state index in [0.29, 0.717) is 29.0 Å². The fourth-order valence-corrected chi connectivity index (χ4v) is 4.20. The van der Waals surface area contributed by atoms with Crippen LogP contribution in [0.1, 0.15) is 17.0 Å². The van der Waals surface area contributed by atoms with Gasteiger partial charge >= 0.3 is 0 Å². The van der Waals surface area contributed by atoms with Gasteiger partial charge in [-0.2, -0.15) is 0 Å². The number of hydrogen-bond donors (Lipinski definition) is 1. The Kier molecular flexibility index (Phi) is 8.21. The first-order chi connectivity index (χ1) is 17.1. The number of hydrogen-bond acceptors (Lipinski definition) is 7. The summed E-state index contributed by atoms with van der Waals surface area (Å²) in [7, 11) is 0. The van der Waals surface area contributed by atoms with Gasteiger partial charge in [0.05, 0.1) is 18.1 Å². The summed E-state index contributed by atoms with van der Waals surface area (Å²) in [6, 6.07) is 25.7. The molecule has 0 aliphatic carbocycles. The van der Waals surface area contributed by atoms with E-state index in [4.69, 9.17) is 4.74 Å². The molecule has 10 heteroatoms. The van der Waals surface area contributed by atoms with Crippen molar-refractivity contribution < 1.29 is 14.5 Å². The van der Waals surface area contributed by atoms with Crippen molar-refractivity contribution in [3.8, 4) is 5.69 Å². The molecule has 178 valence electrons. The predicted octanol–water partition coefficient (Wildman–Crippen LogP) is 4.30. The first-order valence-electron chi connectivity index (χ1n) is 10.8. The summed E-state index contributed by atoms with van der Waals surface area (Å²) in [6.45, 7) is 0.382. The lowest BCUT2D eigenvalue weighted by Gasteiger charge is -2.11. The molecule has 0 radical (unpaired) electrons. The highest BCUT2D eigenvalue weighted by atomic mass is 32.2. The van der Waals surface area contributed by atoms with Crippen LogP contribution in [0.15, 0.2) is 90.1 Å². The lowest BCUT2D eigenvalue weighted by Crippen LogP contribution is -2.28.